The zero-order chi connectivity index (χ0) is 12.3. The summed E-state index contributed by atoms with van der Waals surface area (Å²) in [6.07, 6.45) is 1.78. The molecule has 3 N–H and O–H groups in total. The molecule has 0 fully saturated rings. The lowest BCUT2D eigenvalue weighted by atomic mass is 10.0. The summed E-state index contributed by atoms with van der Waals surface area (Å²) in [6, 6.07) is 1.77. The number of carbonyl (C=O) groups excluding carboxylic acids is 1. The molecule has 0 saturated carbocycles. The van der Waals surface area contributed by atoms with Crippen molar-refractivity contribution in [3.05, 3.63) is 23.0 Å². The molecule has 0 saturated heterocycles. The van der Waals surface area contributed by atoms with Crippen molar-refractivity contribution >= 4 is 23.2 Å². The Morgan fingerprint density at radius 2 is 2.25 bits per heavy atom. The van der Waals surface area contributed by atoms with E-state index in [1.54, 1.807) is 19.9 Å². The number of hydrogen-bond acceptors (Lipinski definition) is 3. The maximum Gasteiger partial charge on any atom is 0.226 e. The first-order chi connectivity index (χ1) is 7.28. The summed E-state index contributed by atoms with van der Waals surface area (Å²) in [4.78, 5) is 15.5. The van der Waals surface area contributed by atoms with Gasteiger partial charge in [-0.3, -0.25) is 4.79 Å². The minimum Gasteiger partial charge on any atom is -0.325 e. The van der Waals surface area contributed by atoms with Gasteiger partial charge in [-0.25, -0.2) is 4.98 Å². The first kappa shape index (κ1) is 12.9. The average Bonchev–Trinajstić information content (AvgIpc) is 2.08. The number of aromatic nitrogens is 1. The number of carbonyl (C=O) groups is 1. The first-order valence-electron chi connectivity index (χ1n) is 4.99. The summed E-state index contributed by atoms with van der Waals surface area (Å²) < 4.78 is 0. The van der Waals surface area contributed by atoms with E-state index in [1.807, 2.05) is 6.92 Å². The maximum absolute atomic E-state index is 11.6. The molecule has 0 spiro atoms. The van der Waals surface area contributed by atoms with Crippen molar-refractivity contribution in [1.82, 2.24) is 4.98 Å². The molecule has 1 rings (SSSR count). The third-order valence-corrected chi connectivity index (χ3v) is 2.31. The smallest absolute Gasteiger partial charge is 0.226 e. The van der Waals surface area contributed by atoms with E-state index in [0.717, 1.165) is 5.56 Å². The van der Waals surface area contributed by atoms with Crippen molar-refractivity contribution < 1.29 is 4.79 Å². The fourth-order valence-electron chi connectivity index (χ4n) is 1.25. The molecule has 16 heavy (non-hydrogen) atoms. The number of amides is 1. The summed E-state index contributed by atoms with van der Waals surface area (Å²) in [7, 11) is 0. The third-order valence-electron chi connectivity index (χ3n) is 1.91. The highest BCUT2D eigenvalue weighted by Gasteiger charge is 2.16. The molecule has 0 aliphatic heterocycles. The van der Waals surface area contributed by atoms with Crippen LogP contribution >= 0.6 is 11.6 Å². The first-order valence-corrected chi connectivity index (χ1v) is 5.36. The molecule has 0 aliphatic carbocycles. The normalized spacial score (nSPS) is 11.3. The van der Waals surface area contributed by atoms with Crippen LogP contribution in [0.1, 0.15) is 25.8 Å². The van der Waals surface area contributed by atoms with Crippen molar-refractivity contribution in [2.75, 3.05) is 5.32 Å². The predicted molar refractivity (Wildman–Crippen MR) is 65.5 cm³/mol. The van der Waals surface area contributed by atoms with Gasteiger partial charge in [0.25, 0.3) is 0 Å². The molecule has 0 atom stereocenters. The second-order valence-electron chi connectivity index (χ2n) is 4.55. The van der Waals surface area contributed by atoms with Gasteiger partial charge >= 0.3 is 0 Å². The Hall–Kier alpha value is -1.13. The number of aryl methyl sites for hydroxylation is 1. The summed E-state index contributed by atoms with van der Waals surface area (Å²) >= 11 is 5.78. The van der Waals surface area contributed by atoms with E-state index in [2.05, 4.69) is 10.3 Å². The average molecular weight is 242 g/mol. The monoisotopic (exact) mass is 241 g/mol. The molecule has 0 bridgehead atoms. The summed E-state index contributed by atoms with van der Waals surface area (Å²) in [5.41, 5.74) is 6.69. The molecular formula is C11H16ClN3O. The second kappa shape index (κ2) is 4.80. The van der Waals surface area contributed by atoms with E-state index in [-0.39, 0.29) is 12.3 Å². The van der Waals surface area contributed by atoms with Crippen molar-refractivity contribution in [3.63, 3.8) is 0 Å². The number of pyridine rings is 1. The van der Waals surface area contributed by atoms with Crippen LogP contribution in [-0.4, -0.2) is 16.4 Å². The molecule has 0 aromatic carbocycles. The lowest BCUT2D eigenvalue weighted by molar-refractivity contribution is -0.117. The second-order valence-corrected chi connectivity index (χ2v) is 4.90. The molecule has 4 nitrogen and oxygen atoms in total. The molecule has 5 heteroatoms. The number of rotatable bonds is 3. The van der Waals surface area contributed by atoms with Gasteiger partial charge < -0.3 is 11.1 Å². The zero-order valence-electron chi connectivity index (χ0n) is 9.67. The lowest BCUT2D eigenvalue weighted by Gasteiger charge is -2.17. The number of nitrogens with two attached hydrogens (primary N) is 1. The SMILES string of the molecule is Cc1cc(NC(=O)CC(C)(C)N)cnc1Cl. The number of anilines is 1. The number of halogens is 1. The summed E-state index contributed by atoms with van der Waals surface area (Å²) in [5, 5.41) is 3.17. The molecule has 1 aromatic heterocycles. The highest BCUT2D eigenvalue weighted by molar-refractivity contribution is 6.30. The molecule has 1 aromatic rings. The molecule has 88 valence electrons. The van der Waals surface area contributed by atoms with Crippen LogP contribution in [0, 0.1) is 6.92 Å². The van der Waals surface area contributed by atoms with Gasteiger partial charge in [-0.15, -0.1) is 0 Å². The minimum absolute atomic E-state index is 0.129. The number of nitrogens with one attached hydrogen (secondary N) is 1. The van der Waals surface area contributed by atoms with E-state index in [9.17, 15) is 4.79 Å². The van der Waals surface area contributed by atoms with Gasteiger partial charge in [-0.1, -0.05) is 11.6 Å². The molecular weight excluding hydrogens is 226 g/mol. The van der Waals surface area contributed by atoms with Crippen LogP contribution < -0.4 is 11.1 Å². The largest absolute Gasteiger partial charge is 0.325 e. The van der Waals surface area contributed by atoms with E-state index in [0.29, 0.717) is 10.8 Å². The van der Waals surface area contributed by atoms with Gasteiger partial charge in [0.1, 0.15) is 5.15 Å². The fraction of sp³-hybridized carbons (Fsp3) is 0.455. The van der Waals surface area contributed by atoms with Gasteiger partial charge in [0.2, 0.25) is 5.91 Å². The van der Waals surface area contributed by atoms with Crippen molar-refractivity contribution in [2.45, 2.75) is 32.7 Å². The van der Waals surface area contributed by atoms with Crippen LogP contribution in [0.15, 0.2) is 12.3 Å². The van der Waals surface area contributed by atoms with E-state index in [4.69, 9.17) is 17.3 Å². The van der Waals surface area contributed by atoms with Crippen LogP contribution in [0.3, 0.4) is 0 Å². The Morgan fingerprint density at radius 3 is 2.75 bits per heavy atom. The molecule has 0 radical (unpaired) electrons. The lowest BCUT2D eigenvalue weighted by Crippen LogP contribution is -2.36. The third kappa shape index (κ3) is 4.16. The Bertz CT molecular complexity index is 399. The Morgan fingerprint density at radius 1 is 1.62 bits per heavy atom. The fourth-order valence-corrected chi connectivity index (χ4v) is 1.35. The Balaban J connectivity index is 2.67. The molecule has 0 aliphatic rings. The number of nitrogens with zero attached hydrogens (tertiary/aromatic N) is 1. The number of hydrogen-bond donors (Lipinski definition) is 2. The van der Waals surface area contributed by atoms with Crippen molar-refractivity contribution in [1.29, 1.82) is 0 Å². The van der Waals surface area contributed by atoms with Gasteiger partial charge in [0.15, 0.2) is 0 Å². The Kier molecular flexibility index (Phi) is 3.88. The van der Waals surface area contributed by atoms with Crippen molar-refractivity contribution in [3.8, 4) is 0 Å². The van der Waals surface area contributed by atoms with Crippen molar-refractivity contribution in [2.24, 2.45) is 5.73 Å². The summed E-state index contributed by atoms with van der Waals surface area (Å²) in [6.45, 7) is 5.44. The molecule has 1 amide bonds. The van der Waals surface area contributed by atoms with Gasteiger partial charge in [-0.05, 0) is 32.4 Å². The molecule has 1 heterocycles. The van der Waals surface area contributed by atoms with Gasteiger partial charge in [-0.2, -0.15) is 0 Å². The minimum atomic E-state index is -0.515. The van der Waals surface area contributed by atoms with E-state index < -0.39 is 5.54 Å². The molecule has 0 unspecified atom stereocenters. The van der Waals surface area contributed by atoms with E-state index >= 15 is 0 Å². The predicted octanol–water partition coefficient (Wildman–Crippen LogP) is 2.11. The van der Waals surface area contributed by atoms with Crippen LogP contribution in [0.2, 0.25) is 5.15 Å². The highest BCUT2D eigenvalue weighted by atomic mass is 35.5. The van der Waals surface area contributed by atoms with Crippen LogP contribution in [0.4, 0.5) is 5.69 Å². The van der Waals surface area contributed by atoms with Crippen LogP contribution in [0.25, 0.3) is 0 Å². The van der Waals surface area contributed by atoms with Gasteiger partial charge in [0, 0.05) is 12.0 Å². The zero-order valence-corrected chi connectivity index (χ0v) is 10.4. The van der Waals surface area contributed by atoms with Gasteiger partial charge in [0.05, 0.1) is 11.9 Å². The van der Waals surface area contributed by atoms with Crippen LogP contribution in [0.5, 0.6) is 0 Å². The van der Waals surface area contributed by atoms with Crippen LogP contribution in [-0.2, 0) is 4.79 Å². The summed E-state index contributed by atoms with van der Waals surface area (Å²) in [5.74, 6) is -0.129. The standard InChI is InChI=1S/C11H16ClN3O/c1-7-4-8(6-14-10(7)12)15-9(16)5-11(2,3)13/h4,6H,5,13H2,1-3H3,(H,15,16). The topological polar surface area (TPSA) is 68.0 Å². The Labute approximate surface area is 100 Å². The van der Waals surface area contributed by atoms with E-state index in [1.165, 1.54) is 6.20 Å². The maximum atomic E-state index is 11.6. The quantitative estimate of drug-likeness (QED) is 0.797. The highest BCUT2D eigenvalue weighted by Crippen LogP contribution is 2.16.